The van der Waals surface area contributed by atoms with Gasteiger partial charge in [-0.1, -0.05) is 30.3 Å². The first kappa shape index (κ1) is 18.6. The third-order valence-electron chi connectivity index (χ3n) is 4.52. The molecule has 5 nitrogen and oxygen atoms in total. The first-order valence-electron chi connectivity index (χ1n) is 8.47. The van der Waals surface area contributed by atoms with Crippen LogP contribution in [0.1, 0.15) is 24.8 Å². The molecule has 0 spiro atoms. The highest BCUT2D eigenvalue weighted by Gasteiger charge is 2.28. The van der Waals surface area contributed by atoms with Gasteiger partial charge in [0.15, 0.2) is 0 Å². The standard InChI is InChI=1S/C18H27N3O2S/c1-24-12-9-16(20-18(19)23)17(22)21-10-7-15(8-11-21)13-14-5-3-2-4-6-14/h2-6,15-16H,7-13H2,1H3,(H3,19,20,23). The summed E-state index contributed by atoms with van der Waals surface area (Å²) in [4.78, 5) is 25.7. The van der Waals surface area contributed by atoms with E-state index in [1.54, 1.807) is 11.8 Å². The number of carbonyl (C=O) groups is 2. The maximum Gasteiger partial charge on any atom is 0.312 e. The molecule has 1 aromatic rings. The van der Waals surface area contributed by atoms with Crippen LogP contribution in [0.2, 0.25) is 0 Å². The number of nitrogens with two attached hydrogens (primary N) is 1. The van der Waals surface area contributed by atoms with Gasteiger partial charge in [-0.15, -0.1) is 0 Å². The van der Waals surface area contributed by atoms with Crippen LogP contribution in [0.5, 0.6) is 0 Å². The minimum Gasteiger partial charge on any atom is -0.352 e. The van der Waals surface area contributed by atoms with Gasteiger partial charge in [0.1, 0.15) is 6.04 Å². The van der Waals surface area contributed by atoms with Gasteiger partial charge in [-0.05, 0) is 49.2 Å². The zero-order valence-corrected chi connectivity index (χ0v) is 15.1. The Morgan fingerprint density at radius 3 is 2.54 bits per heavy atom. The summed E-state index contributed by atoms with van der Waals surface area (Å²) in [6.07, 6.45) is 5.69. The lowest BCUT2D eigenvalue weighted by atomic mass is 9.90. The number of rotatable bonds is 7. The van der Waals surface area contributed by atoms with Crippen LogP contribution in [0, 0.1) is 5.92 Å². The summed E-state index contributed by atoms with van der Waals surface area (Å²) in [5, 5.41) is 2.60. The molecule has 0 aliphatic carbocycles. The number of urea groups is 1. The fraction of sp³-hybridized carbons (Fsp3) is 0.556. The molecule has 132 valence electrons. The Labute approximate surface area is 148 Å². The monoisotopic (exact) mass is 349 g/mol. The SMILES string of the molecule is CSCCC(NC(N)=O)C(=O)N1CCC(Cc2ccccc2)CC1. The van der Waals surface area contributed by atoms with Gasteiger partial charge in [-0.25, -0.2) is 4.79 Å². The molecule has 6 heteroatoms. The van der Waals surface area contributed by atoms with Gasteiger partial charge in [0, 0.05) is 13.1 Å². The van der Waals surface area contributed by atoms with Crippen LogP contribution in [-0.2, 0) is 11.2 Å². The van der Waals surface area contributed by atoms with Crippen molar-refractivity contribution in [3.63, 3.8) is 0 Å². The van der Waals surface area contributed by atoms with Crippen molar-refractivity contribution in [2.45, 2.75) is 31.7 Å². The Morgan fingerprint density at radius 2 is 1.96 bits per heavy atom. The van der Waals surface area contributed by atoms with Crippen molar-refractivity contribution < 1.29 is 9.59 Å². The van der Waals surface area contributed by atoms with Gasteiger partial charge in [-0.2, -0.15) is 11.8 Å². The van der Waals surface area contributed by atoms with E-state index in [1.807, 2.05) is 17.2 Å². The number of amides is 3. The molecule has 1 aliphatic rings. The zero-order chi connectivity index (χ0) is 17.4. The van der Waals surface area contributed by atoms with Crippen LogP contribution < -0.4 is 11.1 Å². The van der Waals surface area contributed by atoms with Crippen molar-refractivity contribution in [1.82, 2.24) is 10.2 Å². The van der Waals surface area contributed by atoms with Crippen molar-refractivity contribution in [2.24, 2.45) is 11.7 Å². The summed E-state index contributed by atoms with van der Waals surface area (Å²) in [6.45, 7) is 1.51. The molecule has 1 aromatic carbocycles. The molecule has 1 saturated heterocycles. The van der Waals surface area contributed by atoms with Crippen molar-refractivity contribution in [3.05, 3.63) is 35.9 Å². The molecule has 1 fully saturated rings. The lowest BCUT2D eigenvalue weighted by Crippen LogP contribution is -2.52. The second-order valence-electron chi connectivity index (χ2n) is 6.30. The molecule has 1 heterocycles. The summed E-state index contributed by atoms with van der Waals surface area (Å²) < 4.78 is 0. The number of nitrogens with one attached hydrogen (secondary N) is 1. The van der Waals surface area contributed by atoms with E-state index in [9.17, 15) is 9.59 Å². The minimum atomic E-state index is -0.631. The molecule has 1 atom stereocenters. The Bertz CT molecular complexity index is 530. The number of thioether (sulfide) groups is 1. The third-order valence-corrected chi connectivity index (χ3v) is 5.16. The average molecular weight is 350 g/mol. The Balaban J connectivity index is 1.85. The Hall–Kier alpha value is -1.69. The third kappa shape index (κ3) is 5.74. The molecule has 3 N–H and O–H groups in total. The van der Waals surface area contributed by atoms with Crippen LogP contribution >= 0.6 is 11.8 Å². The second-order valence-corrected chi connectivity index (χ2v) is 7.29. The molecule has 3 amide bonds. The molecule has 2 rings (SSSR count). The van der Waals surface area contributed by atoms with Crippen LogP contribution in [0.3, 0.4) is 0 Å². The summed E-state index contributed by atoms with van der Waals surface area (Å²) in [5.74, 6) is 1.44. The van der Waals surface area contributed by atoms with Gasteiger partial charge >= 0.3 is 6.03 Å². The minimum absolute atomic E-state index is 0.000936. The molecule has 1 aliphatic heterocycles. The maximum atomic E-state index is 12.7. The van der Waals surface area contributed by atoms with Crippen molar-refractivity contribution in [3.8, 4) is 0 Å². The Morgan fingerprint density at radius 1 is 1.29 bits per heavy atom. The molecule has 1 unspecified atom stereocenters. The number of carbonyl (C=O) groups excluding carboxylic acids is 2. The van der Waals surface area contributed by atoms with E-state index in [0.717, 1.165) is 38.1 Å². The zero-order valence-electron chi connectivity index (χ0n) is 14.2. The fourth-order valence-electron chi connectivity index (χ4n) is 3.19. The number of benzene rings is 1. The van der Waals surface area contributed by atoms with Crippen molar-refractivity contribution in [2.75, 3.05) is 25.1 Å². The molecule has 0 saturated carbocycles. The van der Waals surface area contributed by atoms with Gasteiger partial charge in [0.05, 0.1) is 0 Å². The Kier molecular flexibility index (Phi) is 7.43. The summed E-state index contributed by atoms with van der Waals surface area (Å²) in [5.41, 5.74) is 6.57. The van der Waals surface area contributed by atoms with E-state index in [4.69, 9.17) is 5.73 Å². The second kappa shape index (κ2) is 9.57. The summed E-state index contributed by atoms with van der Waals surface area (Å²) in [6, 6.07) is 9.36. The maximum absolute atomic E-state index is 12.7. The van der Waals surface area contributed by atoms with Gasteiger partial charge in [0.25, 0.3) is 0 Å². The van der Waals surface area contributed by atoms with E-state index in [2.05, 4.69) is 29.6 Å². The first-order valence-corrected chi connectivity index (χ1v) is 9.87. The fourth-order valence-corrected chi connectivity index (χ4v) is 3.66. The quantitative estimate of drug-likeness (QED) is 0.793. The molecule has 0 aromatic heterocycles. The molecule has 0 radical (unpaired) electrons. The number of likely N-dealkylation sites (tertiary alicyclic amines) is 1. The molecule has 0 bridgehead atoms. The van der Waals surface area contributed by atoms with Crippen molar-refractivity contribution >= 4 is 23.7 Å². The van der Waals surface area contributed by atoms with E-state index in [1.165, 1.54) is 5.56 Å². The van der Waals surface area contributed by atoms with E-state index in [-0.39, 0.29) is 5.91 Å². The molecular weight excluding hydrogens is 322 g/mol. The van der Waals surface area contributed by atoms with E-state index >= 15 is 0 Å². The van der Waals surface area contributed by atoms with E-state index in [0.29, 0.717) is 12.3 Å². The van der Waals surface area contributed by atoms with Gasteiger partial charge in [0.2, 0.25) is 5.91 Å². The number of primary amides is 1. The number of piperidine rings is 1. The lowest BCUT2D eigenvalue weighted by molar-refractivity contribution is -0.134. The average Bonchev–Trinajstić information content (AvgIpc) is 2.59. The number of nitrogens with zero attached hydrogens (tertiary/aromatic N) is 1. The van der Waals surface area contributed by atoms with E-state index < -0.39 is 12.1 Å². The highest BCUT2D eigenvalue weighted by atomic mass is 32.2. The molecule has 24 heavy (non-hydrogen) atoms. The van der Waals surface area contributed by atoms with Gasteiger partial charge in [-0.3, -0.25) is 4.79 Å². The summed E-state index contributed by atoms with van der Waals surface area (Å²) >= 11 is 1.66. The lowest BCUT2D eigenvalue weighted by Gasteiger charge is -2.34. The van der Waals surface area contributed by atoms with Gasteiger partial charge < -0.3 is 16.0 Å². The van der Waals surface area contributed by atoms with Crippen LogP contribution in [0.25, 0.3) is 0 Å². The highest BCUT2D eigenvalue weighted by molar-refractivity contribution is 7.98. The molecular formula is C18H27N3O2S. The smallest absolute Gasteiger partial charge is 0.312 e. The predicted molar refractivity (Wildman–Crippen MR) is 99.0 cm³/mol. The van der Waals surface area contributed by atoms with Crippen LogP contribution in [0.15, 0.2) is 30.3 Å². The number of hydrogen-bond acceptors (Lipinski definition) is 3. The predicted octanol–water partition coefficient (Wildman–Crippen LogP) is 2.26. The summed E-state index contributed by atoms with van der Waals surface area (Å²) in [7, 11) is 0. The van der Waals surface area contributed by atoms with Crippen molar-refractivity contribution in [1.29, 1.82) is 0 Å². The topological polar surface area (TPSA) is 75.4 Å². The number of hydrogen-bond donors (Lipinski definition) is 2. The van der Waals surface area contributed by atoms with Crippen LogP contribution in [-0.4, -0.2) is 48.0 Å². The first-order chi connectivity index (χ1) is 11.6. The normalized spacial score (nSPS) is 16.6. The largest absolute Gasteiger partial charge is 0.352 e. The highest BCUT2D eigenvalue weighted by Crippen LogP contribution is 2.22. The van der Waals surface area contributed by atoms with Crippen LogP contribution in [0.4, 0.5) is 4.79 Å².